The van der Waals surface area contributed by atoms with Gasteiger partial charge < -0.3 is 15.8 Å². The summed E-state index contributed by atoms with van der Waals surface area (Å²) in [4.78, 5) is 2.55. The zero-order chi connectivity index (χ0) is 11.5. The second kappa shape index (κ2) is 3.19. The van der Waals surface area contributed by atoms with Gasteiger partial charge in [-0.1, -0.05) is 0 Å². The number of fused-ring (bicyclic) bond motifs is 2. The van der Waals surface area contributed by atoms with Crippen molar-refractivity contribution in [3.63, 3.8) is 0 Å². The lowest BCUT2D eigenvalue weighted by Crippen LogP contribution is -2.59. The first-order chi connectivity index (χ1) is 8.25. The van der Waals surface area contributed by atoms with Crippen molar-refractivity contribution in [3.05, 3.63) is 23.2 Å². The zero-order valence-corrected chi connectivity index (χ0v) is 10.0. The topological polar surface area (TPSA) is 50.5 Å². The lowest BCUT2D eigenvalue weighted by atomic mass is 9.73. The molecule has 1 atom stereocenters. The number of rotatable bonds is 0. The normalized spacial score (nSPS) is 43.2. The van der Waals surface area contributed by atoms with E-state index < -0.39 is 0 Å². The van der Waals surface area contributed by atoms with E-state index in [1.807, 2.05) is 0 Å². The van der Waals surface area contributed by atoms with E-state index in [9.17, 15) is 0 Å². The maximum Gasteiger partial charge on any atom is 0.191 e. The highest BCUT2D eigenvalue weighted by molar-refractivity contribution is 5.35. The Balaban J connectivity index is 1.64. The summed E-state index contributed by atoms with van der Waals surface area (Å²) in [6.07, 6.45) is 5.73. The van der Waals surface area contributed by atoms with Crippen molar-refractivity contribution < 1.29 is 4.74 Å². The van der Waals surface area contributed by atoms with Crippen LogP contribution in [-0.2, 0) is 4.74 Å². The molecule has 3 fully saturated rings. The minimum absolute atomic E-state index is 0.0509. The van der Waals surface area contributed by atoms with Gasteiger partial charge in [0.1, 0.15) is 5.60 Å². The van der Waals surface area contributed by atoms with Crippen molar-refractivity contribution in [1.29, 1.82) is 0 Å². The van der Waals surface area contributed by atoms with Crippen LogP contribution in [0.5, 0.6) is 0 Å². The smallest absolute Gasteiger partial charge is 0.191 e. The van der Waals surface area contributed by atoms with E-state index in [1.54, 1.807) is 0 Å². The van der Waals surface area contributed by atoms with Gasteiger partial charge in [0, 0.05) is 30.2 Å². The molecular weight excluding hydrogens is 214 g/mol. The lowest BCUT2D eigenvalue weighted by molar-refractivity contribution is -0.116. The van der Waals surface area contributed by atoms with Gasteiger partial charge in [0.2, 0.25) is 0 Å². The van der Waals surface area contributed by atoms with Gasteiger partial charge in [0.15, 0.2) is 5.88 Å². The highest BCUT2D eigenvalue weighted by Gasteiger charge is 2.52. The molecule has 1 unspecified atom stereocenters. The van der Waals surface area contributed by atoms with E-state index in [-0.39, 0.29) is 5.60 Å². The molecule has 0 aliphatic carbocycles. The predicted octanol–water partition coefficient (Wildman–Crippen LogP) is 0.528. The Kier molecular flexibility index (Phi) is 1.85. The molecule has 4 nitrogen and oxygen atoms in total. The summed E-state index contributed by atoms with van der Waals surface area (Å²) in [6.45, 7) is 4.33. The largest absolute Gasteiger partial charge is 0.470 e. The quantitative estimate of drug-likeness (QED) is 0.641. The number of dihydropyridines is 1. The van der Waals surface area contributed by atoms with Gasteiger partial charge in [-0.3, -0.25) is 4.90 Å². The molecule has 17 heavy (non-hydrogen) atoms. The van der Waals surface area contributed by atoms with Crippen molar-refractivity contribution in [2.24, 2.45) is 11.7 Å². The van der Waals surface area contributed by atoms with Crippen molar-refractivity contribution in [3.8, 4) is 0 Å². The zero-order valence-electron chi connectivity index (χ0n) is 10.0. The second-order valence-corrected chi connectivity index (χ2v) is 5.82. The Morgan fingerprint density at radius 2 is 2.24 bits per heavy atom. The van der Waals surface area contributed by atoms with Crippen molar-refractivity contribution in [2.45, 2.75) is 24.9 Å². The van der Waals surface area contributed by atoms with Crippen LogP contribution in [0.2, 0.25) is 0 Å². The first kappa shape index (κ1) is 9.83. The summed E-state index contributed by atoms with van der Waals surface area (Å²) in [7, 11) is 0. The molecule has 3 saturated heterocycles. The van der Waals surface area contributed by atoms with Gasteiger partial charge in [-0.05, 0) is 32.0 Å². The average molecular weight is 233 g/mol. The molecular formula is C13H19N3O. The SMILES string of the molecule is NC1=CC2=C(NC1)OC1(C2)CN2CCC1CC2. The molecule has 92 valence electrons. The van der Waals surface area contributed by atoms with Crippen LogP contribution in [0.4, 0.5) is 0 Å². The summed E-state index contributed by atoms with van der Waals surface area (Å²) in [6, 6.07) is 0. The van der Waals surface area contributed by atoms with E-state index in [2.05, 4.69) is 16.3 Å². The van der Waals surface area contributed by atoms with Crippen LogP contribution in [0.3, 0.4) is 0 Å². The monoisotopic (exact) mass is 233 g/mol. The minimum Gasteiger partial charge on any atom is -0.470 e. The van der Waals surface area contributed by atoms with Crippen molar-refractivity contribution in [1.82, 2.24) is 10.2 Å². The molecule has 5 aliphatic heterocycles. The van der Waals surface area contributed by atoms with Gasteiger partial charge in [-0.2, -0.15) is 0 Å². The third kappa shape index (κ3) is 1.33. The highest BCUT2D eigenvalue weighted by Crippen LogP contribution is 2.47. The van der Waals surface area contributed by atoms with Crippen LogP contribution >= 0.6 is 0 Å². The van der Waals surface area contributed by atoms with Gasteiger partial charge >= 0.3 is 0 Å². The maximum absolute atomic E-state index is 6.30. The third-order valence-corrected chi connectivity index (χ3v) is 4.72. The van der Waals surface area contributed by atoms with Crippen LogP contribution in [0.1, 0.15) is 19.3 Å². The molecule has 5 heterocycles. The molecule has 5 aliphatic rings. The van der Waals surface area contributed by atoms with Gasteiger partial charge in [0.05, 0.1) is 6.54 Å². The standard InChI is InChI=1S/C13H19N3O/c14-11-5-9-6-13(17-12(9)15-7-11)8-16-3-1-10(13)2-4-16/h5,10,15H,1-4,6-8,14H2. The van der Waals surface area contributed by atoms with Crippen LogP contribution in [0.15, 0.2) is 23.2 Å². The Hall–Kier alpha value is -1.16. The number of hydrogen-bond donors (Lipinski definition) is 2. The number of ether oxygens (including phenoxy) is 1. The molecule has 5 rings (SSSR count). The fourth-order valence-electron chi connectivity index (χ4n) is 3.87. The summed E-state index contributed by atoms with van der Waals surface area (Å²) >= 11 is 0. The molecule has 0 aromatic heterocycles. The first-order valence-corrected chi connectivity index (χ1v) is 6.60. The molecule has 0 saturated carbocycles. The van der Waals surface area contributed by atoms with Gasteiger partial charge in [-0.25, -0.2) is 0 Å². The summed E-state index contributed by atoms with van der Waals surface area (Å²) < 4.78 is 6.30. The molecule has 4 heteroatoms. The number of hydrogen-bond acceptors (Lipinski definition) is 4. The Morgan fingerprint density at radius 1 is 1.41 bits per heavy atom. The van der Waals surface area contributed by atoms with Crippen LogP contribution in [0.25, 0.3) is 0 Å². The third-order valence-electron chi connectivity index (χ3n) is 4.72. The van der Waals surface area contributed by atoms with E-state index in [0.29, 0.717) is 0 Å². The van der Waals surface area contributed by atoms with Gasteiger partial charge in [0.25, 0.3) is 0 Å². The lowest BCUT2D eigenvalue weighted by Gasteiger charge is -2.50. The first-order valence-electron chi connectivity index (χ1n) is 6.60. The fourth-order valence-corrected chi connectivity index (χ4v) is 3.87. The van der Waals surface area contributed by atoms with E-state index >= 15 is 0 Å². The van der Waals surface area contributed by atoms with E-state index in [0.717, 1.165) is 37.0 Å². The van der Waals surface area contributed by atoms with Crippen LogP contribution in [0, 0.1) is 5.92 Å². The summed E-state index contributed by atoms with van der Waals surface area (Å²) in [5.41, 5.74) is 8.14. The number of nitrogens with two attached hydrogens (primary N) is 1. The Bertz CT molecular complexity index is 420. The number of nitrogens with zero attached hydrogens (tertiary/aromatic N) is 1. The Labute approximate surface area is 101 Å². The van der Waals surface area contributed by atoms with Gasteiger partial charge in [-0.15, -0.1) is 0 Å². The predicted molar refractivity (Wildman–Crippen MR) is 64.9 cm³/mol. The van der Waals surface area contributed by atoms with Crippen molar-refractivity contribution >= 4 is 0 Å². The molecule has 2 bridgehead atoms. The Morgan fingerprint density at radius 3 is 2.94 bits per heavy atom. The van der Waals surface area contributed by atoms with Crippen LogP contribution < -0.4 is 11.1 Å². The molecule has 0 amide bonds. The molecule has 0 aromatic rings. The molecule has 0 aromatic carbocycles. The van der Waals surface area contributed by atoms with Crippen LogP contribution in [-0.4, -0.2) is 36.7 Å². The average Bonchev–Trinajstić information content (AvgIpc) is 2.67. The summed E-state index contributed by atoms with van der Waals surface area (Å²) in [5, 5.41) is 3.31. The number of allylic oxidation sites excluding steroid dienone is 1. The molecule has 0 radical (unpaired) electrons. The number of piperidine rings is 3. The highest BCUT2D eigenvalue weighted by atomic mass is 16.5. The maximum atomic E-state index is 6.30. The molecule has 3 N–H and O–H groups in total. The van der Waals surface area contributed by atoms with E-state index in [1.165, 1.54) is 31.5 Å². The fraction of sp³-hybridized carbons (Fsp3) is 0.692. The second-order valence-electron chi connectivity index (χ2n) is 5.82. The summed E-state index contributed by atoms with van der Waals surface area (Å²) in [5.74, 6) is 1.72. The minimum atomic E-state index is 0.0509. The number of nitrogens with one attached hydrogen (secondary N) is 1. The van der Waals surface area contributed by atoms with Crippen molar-refractivity contribution in [2.75, 3.05) is 26.2 Å². The van der Waals surface area contributed by atoms with E-state index in [4.69, 9.17) is 10.5 Å². The molecule has 1 spiro atoms.